The van der Waals surface area contributed by atoms with Crippen molar-refractivity contribution in [2.75, 3.05) is 13.2 Å². The summed E-state index contributed by atoms with van der Waals surface area (Å²) in [6.07, 6.45) is -0.185. The maximum atomic E-state index is 11.8. The Kier molecular flexibility index (Phi) is 7.23. The summed E-state index contributed by atoms with van der Waals surface area (Å²) in [6, 6.07) is 7.56. The van der Waals surface area contributed by atoms with E-state index in [2.05, 4.69) is 19.2 Å². The Balaban J connectivity index is 2.39. The van der Waals surface area contributed by atoms with Gasteiger partial charge in [-0.1, -0.05) is 39.8 Å². The monoisotopic (exact) mass is 293 g/mol. The van der Waals surface area contributed by atoms with Gasteiger partial charge >= 0.3 is 0 Å². The Hall–Kier alpha value is -1.55. The van der Waals surface area contributed by atoms with Gasteiger partial charge in [-0.05, 0) is 29.5 Å². The van der Waals surface area contributed by atoms with Crippen LogP contribution in [0.15, 0.2) is 24.3 Å². The number of benzene rings is 1. The van der Waals surface area contributed by atoms with E-state index in [1.165, 1.54) is 0 Å². The molecule has 2 N–H and O–H groups in total. The molecule has 1 aromatic carbocycles. The van der Waals surface area contributed by atoms with Crippen molar-refractivity contribution in [3.8, 4) is 5.75 Å². The second-order valence-corrected chi connectivity index (χ2v) is 6.14. The zero-order valence-corrected chi connectivity index (χ0v) is 13.4. The molecule has 1 amide bonds. The molecule has 0 saturated carbocycles. The number of hydrogen-bond acceptors (Lipinski definition) is 3. The number of carbonyl (C=O) groups excluding carboxylic acids is 1. The van der Waals surface area contributed by atoms with E-state index in [0.717, 1.165) is 11.3 Å². The fourth-order valence-corrected chi connectivity index (χ4v) is 1.67. The number of hydrogen-bond donors (Lipinski definition) is 2. The number of ether oxygens (including phenoxy) is 1. The standard InChI is InChI=1S/C17H27NO3/c1-12(2)11-21-15-7-5-14(6-8-15)9-17(20)18-10-16(19)13(3)4/h5-8,12-13,16,19H,9-11H2,1-4H3,(H,18,20). The van der Waals surface area contributed by atoms with Crippen LogP contribution >= 0.6 is 0 Å². The quantitative estimate of drug-likeness (QED) is 0.774. The van der Waals surface area contributed by atoms with Crippen molar-refractivity contribution in [1.29, 1.82) is 0 Å². The Morgan fingerprint density at radius 1 is 1.19 bits per heavy atom. The molecule has 1 atom stereocenters. The van der Waals surface area contributed by atoms with Gasteiger partial charge in [0.15, 0.2) is 0 Å². The normalized spacial score (nSPS) is 12.5. The van der Waals surface area contributed by atoms with Crippen LogP contribution in [0.3, 0.4) is 0 Å². The summed E-state index contributed by atoms with van der Waals surface area (Å²) in [4.78, 5) is 11.8. The topological polar surface area (TPSA) is 58.6 Å². The van der Waals surface area contributed by atoms with Gasteiger partial charge in [-0.3, -0.25) is 4.79 Å². The third kappa shape index (κ3) is 7.14. The lowest BCUT2D eigenvalue weighted by molar-refractivity contribution is -0.121. The molecule has 0 spiro atoms. The fourth-order valence-electron chi connectivity index (χ4n) is 1.67. The highest BCUT2D eigenvalue weighted by Gasteiger charge is 2.11. The van der Waals surface area contributed by atoms with Gasteiger partial charge in [-0.25, -0.2) is 0 Å². The molecule has 0 aromatic heterocycles. The van der Waals surface area contributed by atoms with Gasteiger partial charge in [0.2, 0.25) is 5.91 Å². The summed E-state index contributed by atoms with van der Waals surface area (Å²) in [5.41, 5.74) is 0.934. The minimum atomic E-state index is -0.499. The molecule has 0 aliphatic heterocycles. The fraction of sp³-hybridized carbons (Fsp3) is 0.588. The number of rotatable bonds is 8. The largest absolute Gasteiger partial charge is 0.493 e. The SMILES string of the molecule is CC(C)COc1ccc(CC(=O)NCC(O)C(C)C)cc1. The minimum absolute atomic E-state index is 0.0782. The number of aliphatic hydroxyl groups excluding tert-OH is 1. The Bertz CT molecular complexity index is 426. The first-order valence-corrected chi connectivity index (χ1v) is 7.55. The third-order valence-corrected chi connectivity index (χ3v) is 3.15. The molecular weight excluding hydrogens is 266 g/mol. The van der Waals surface area contributed by atoms with Gasteiger partial charge in [0, 0.05) is 6.54 Å². The average Bonchev–Trinajstić information content (AvgIpc) is 2.43. The Morgan fingerprint density at radius 3 is 2.33 bits per heavy atom. The molecular formula is C17H27NO3. The van der Waals surface area contributed by atoms with Gasteiger partial charge in [0.05, 0.1) is 19.1 Å². The molecule has 0 fully saturated rings. The molecule has 0 aliphatic carbocycles. The van der Waals surface area contributed by atoms with Crippen LogP contribution < -0.4 is 10.1 Å². The first-order chi connectivity index (χ1) is 9.88. The second-order valence-electron chi connectivity index (χ2n) is 6.14. The lowest BCUT2D eigenvalue weighted by Crippen LogP contribution is -2.35. The third-order valence-electron chi connectivity index (χ3n) is 3.15. The van der Waals surface area contributed by atoms with E-state index in [1.54, 1.807) is 0 Å². The van der Waals surface area contributed by atoms with Crippen LogP contribution in [0.4, 0.5) is 0 Å². The van der Waals surface area contributed by atoms with E-state index in [-0.39, 0.29) is 11.8 Å². The van der Waals surface area contributed by atoms with E-state index in [0.29, 0.717) is 25.5 Å². The van der Waals surface area contributed by atoms with Crippen LogP contribution in [0.2, 0.25) is 0 Å². The zero-order chi connectivity index (χ0) is 15.8. The maximum absolute atomic E-state index is 11.8. The van der Waals surface area contributed by atoms with E-state index >= 15 is 0 Å². The van der Waals surface area contributed by atoms with Crippen LogP contribution in [0.25, 0.3) is 0 Å². The molecule has 1 unspecified atom stereocenters. The first-order valence-electron chi connectivity index (χ1n) is 7.55. The van der Waals surface area contributed by atoms with Crippen LogP contribution in [0.5, 0.6) is 5.75 Å². The van der Waals surface area contributed by atoms with E-state index in [9.17, 15) is 9.90 Å². The van der Waals surface area contributed by atoms with Crippen molar-refractivity contribution in [1.82, 2.24) is 5.32 Å². The summed E-state index contributed by atoms with van der Waals surface area (Å²) >= 11 is 0. The number of aliphatic hydroxyl groups is 1. The van der Waals surface area contributed by atoms with Crippen molar-refractivity contribution >= 4 is 5.91 Å². The second kappa shape index (κ2) is 8.67. The highest BCUT2D eigenvalue weighted by Crippen LogP contribution is 2.13. The first kappa shape index (κ1) is 17.5. The molecule has 4 heteroatoms. The summed E-state index contributed by atoms with van der Waals surface area (Å²) in [7, 11) is 0. The van der Waals surface area contributed by atoms with Crippen molar-refractivity contribution in [2.45, 2.75) is 40.2 Å². The van der Waals surface area contributed by atoms with Gasteiger partial charge in [-0.2, -0.15) is 0 Å². The summed E-state index contributed by atoms with van der Waals surface area (Å²) < 4.78 is 5.60. The van der Waals surface area contributed by atoms with E-state index in [4.69, 9.17) is 4.74 Å². The van der Waals surface area contributed by atoms with Gasteiger partial charge in [-0.15, -0.1) is 0 Å². The average molecular weight is 293 g/mol. The highest BCUT2D eigenvalue weighted by atomic mass is 16.5. The van der Waals surface area contributed by atoms with E-state index < -0.39 is 6.10 Å². The molecule has 1 aromatic rings. The van der Waals surface area contributed by atoms with Crippen molar-refractivity contribution in [3.63, 3.8) is 0 Å². The van der Waals surface area contributed by atoms with Crippen LogP contribution in [-0.4, -0.2) is 30.3 Å². The van der Waals surface area contributed by atoms with Crippen molar-refractivity contribution < 1.29 is 14.6 Å². The molecule has 21 heavy (non-hydrogen) atoms. The van der Waals surface area contributed by atoms with Crippen LogP contribution in [0.1, 0.15) is 33.3 Å². The predicted octanol–water partition coefficient (Wildman–Crippen LogP) is 2.40. The van der Waals surface area contributed by atoms with E-state index in [1.807, 2.05) is 38.1 Å². The number of amides is 1. The Morgan fingerprint density at radius 2 is 1.81 bits per heavy atom. The van der Waals surface area contributed by atoms with Gasteiger partial charge in [0.1, 0.15) is 5.75 Å². The zero-order valence-electron chi connectivity index (χ0n) is 13.4. The molecule has 1 rings (SSSR count). The highest BCUT2D eigenvalue weighted by molar-refractivity contribution is 5.78. The van der Waals surface area contributed by atoms with Gasteiger partial charge < -0.3 is 15.2 Å². The molecule has 0 aliphatic rings. The van der Waals surface area contributed by atoms with Crippen molar-refractivity contribution in [3.05, 3.63) is 29.8 Å². The smallest absolute Gasteiger partial charge is 0.224 e. The molecule has 118 valence electrons. The maximum Gasteiger partial charge on any atom is 0.224 e. The summed E-state index contributed by atoms with van der Waals surface area (Å²) in [5.74, 6) is 1.37. The number of nitrogens with one attached hydrogen (secondary N) is 1. The van der Waals surface area contributed by atoms with Crippen LogP contribution in [-0.2, 0) is 11.2 Å². The molecule has 0 saturated heterocycles. The number of carbonyl (C=O) groups is 1. The van der Waals surface area contributed by atoms with Crippen molar-refractivity contribution in [2.24, 2.45) is 11.8 Å². The molecule has 0 heterocycles. The predicted molar refractivity (Wildman–Crippen MR) is 84.3 cm³/mol. The summed E-state index contributed by atoms with van der Waals surface area (Å²) in [6.45, 7) is 9.03. The lowest BCUT2D eigenvalue weighted by Gasteiger charge is -2.15. The van der Waals surface area contributed by atoms with Gasteiger partial charge in [0.25, 0.3) is 0 Å². The molecule has 0 bridgehead atoms. The summed E-state index contributed by atoms with van der Waals surface area (Å²) in [5, 5.41) is 12.4. The minimum Gasteiger partial charge on any atom is -0.493 e. The Labute approximate surface area is 127 Å². The van der Waals surface area contributed by atoms with Crippen LogP contribution in [0, 0.1) is 11.8 Å². The molecule has 4 nitrogen and oxygen atoms in total. The molecule has 0 radical (unpaired) electrons. The lowest BCUT2D eigenvalue weighted by atomic mass is 10.1.